The van der Waals surface area contributed by atoms with Crippen molar-refractivity contribution in [3.8, 4) is 34.3 Å². The number of hydrogen-bond acceptors (Lipinski definition) is 5. The highest BCUT2D eigenvalue weighted by Crippen LogP contribution is 2.39. The summed E-state index contributed by atoms with van der Waals surface area (Å²) >= 11 is 14.1. The summed E-state index contributed by atoms with van der Waals surface area (Å²) in [5, 5.41) is 0.936. The predicted octanol–water partition coefficient (Wildman–Crippen LogP) is 7.08. The maximum absolute atomic E-state index is 6.24. The van der Waals surface area contributed by atoms with E-state index in [-0.39, 0.29) is 0 Å². The van der Waals surface area contributed by atoms with E-state index in [0.717, 1.165) is 54.7 Å². The van der Waals surface area contributed by atoms with Crippen LogP contribution in [-0.2, 0) is 0 Å². The van der Waals surface area contributed by atoms with Crippen molar-refractivity contribution in [2.24, 2.45) is 0 Å². The normalized spacial score (nSPS) is 11.6. The van der Waals surface area contributed by atoms with Crippen molar-refractivity contribution in [1.29, 1.82) is 0 Å². The third-order valence-corrected chi connectivity index (χ3v) is 7.29. The number of benzene rings is 3. The number of hydrogen-bond donors (Lipinski definition) is 1. The second kappa shape index (κ2) is 7.66. The van der Waals surface area contributed by atoms with Crippen LogP contribution in [0.1, 0.15) is 0 Å². The SMILES string of the molecule is COc1ccc(-c2nc3sc4cc(OC)ccc4n3c2-c2nc3cc(Cl)c(Cl)cc3[nH]2)cc1. The topological polar surface area (TPSA) is 64.4 Å². The molecule has 3 aromatic heterocycles. The standard InChI is InChI=1S/C24H16Cl2N4O2S/c1-31-13-5-3-12(4-6-13)21-22(23-27-17-10-15(25)16(26)11-18(17)28-23)30-19-8-7-14(32-2)9-20(19)33-24(30)29-21/h3-11H,1-2H3,(H,27,28). The first kappa shape index (κ1) is 20.4. The van der Waals surface area contributed by atoms with E-state index in [2.05, 4.69) is 9.38 Å². The molecule has 9 heteroatoms. The molecule has 0 radical (unpaired) electrons. The molecular weight excluding hydrogens is 479 g/mol. The molecule has 164 valence electrons. The zero-order valence-electron chi connectivity index (χ0n) is 17.5. The van der Waals surface area contributed by atoms with Crippen molar-refractivity contribution in [1.82, 2.24) is 19.4 Å². The van der Waals surface area contributed by atoms with Crippen LogP contribution in [0.15, 0.2) is 54.6 Å². The lowest BCUT2D eigenvalue weighted by atomic mass is 10.1. The van der Waals surface area contributed by atoms with E-state index in [4.69, 9.17) is 42.6 Å². The molecule has 3 aromatic carbocycles. The van der Waals surface area contributed by atoms with Gasteiger partial charge in [-0.15, -0.1) is 0 Å². The summed E-state index contributed by atoms with van der Waals surface area (Å²) < 4.78 is 13.9. The third kappa shape index (κ3) is 3.23. The number of halogens is 2. The number of methoxy groups -OCH3 is 2. The van der Waals surface area contributed by atoms with Gasteiger partial charge in [-0.2, -0.15) is 0 Å². The lowest BCUT2D eigenvalue weighted by molar-refractivity contribution is 0.415. The van der Waals surface area contributed by atoms with Gasteiger partial charge in [-0.05, 0) is 54.6 Å². The highest BCUT2D eigenvalue weighted by atomic mass is 35.5. The minimum absolute atomic E-state index is 0.462. The monoisotopic (exact) mass is 494 g/mol. The highest BCUT2D eigenvalue weighted by molar-refractivity contribution is 7.23. The number of nitrogens with one attached hydrogen (secondary N) is 1. The maximum atomic E-state index is 6.24. The van der Waals surface area contributed by atoms with Crippen molar-refractivity contribution < 1.29 is 9.47 Å². The second-order valence-electron chi connectivity index (χ2n) is 7.46. The molecule has 0 bridgehead atoms. The Balaban J connectivity index is 1.67. The summed E-state index contributed by atoms with van der Waals surface area (Å²) in [6.07, 6.45) is 0. The minimum Gasteiger partial charge on any atom is -0.497 e. The molecule has 0 aliphatic carbocycles. The largest absolute Gasteiger partial charge is 0.497 e. The molecule has 0 aliphatic heterocycles. The fraction of sp³-hybridized carbons (Fsp3) is 0.0833. The van der Waals surface area contributed by atoms with E-state index < -0.39 is 0 Å². The summed E-state index contributed by atoms with van der Waals surface area (Å²) in [5.74, 6) is 2.26. The summed E-state index contributed by atoms with van der Waals surface area (Å²) in [6, 6.07) is 17.4. The van der Waals surface area contributed by atoms with Gasteiger partial charge in [0.05, 0.1) is 45.5 Å². The maximum Gasteiger partial charge on any atom is 0.195 e. The Morgan fingerprint density at radius 2 is 1.61 bits per heavy atom. The zero-order chi connectivity index (χ0) is 22.7. The van der Waals surface area contributed by atoms with Crippen molar-refractivity contribution in [2.75, 3.05) is 14.2 Å². The van der Waals surface area contributed by atoms with Gasteiger partial charge >= 0.3 is 0 Å². The lowest BCUT2D eigenvalue weighted by Crippen LogP contribution is -1.92. The first-order valence-electron chi connectivity index (χ1n) is 10.0. The molecule has 3 heterocycles. The summed E-state index contributed by atoms with van der Waals surface area (Å²) in [5.41, 5.74) is 5.19. The Hall–Kier alpha value is -3.26. The number of nitrogens with zero attached hydrogens (tertiary/aromatic N) is 3. The Morgan fingerprint density at radius 3 is 2.36 bits per heavy atom. The van der Waals surface area contributed by atoms with Crippen molar-refractivity contribution in [3.05, 3.63) is 64.6 Å². The zero-order valence-corrected chi connectivity index (χ0v) is 19.8. The molecule has 6 nitrogen and oxygen atoms in total. The van der Waals surface area contributed by atoms with Gasteiger partial charge in [0, 0.05) is 5.56 Å². The average Bonchev–Trinajstić information content (AvgIpc) is 3.50. The number of ether oxygens (including phenoxy) is 2. The Kier molecular flexibility index (Phi) is 4.72. The molecular formula is C24H16Cl2N4O2S. The summed E-state index contributed by atoms with van der Waals surface area (Å²) in [7, 11) is 3.32. The summed E-state index contributed by atoms with van der Waals surface area (Å²) in [4.78, 5) is 14.1. The minimum atomic E-state index is 0.462. The first-order chi connectivity index (χ1) is 16.1. The van der Waals surface area contributed by atoms with Crippen LogP contribution in [0, 0.1) is 0 Å². The molecule has 0 atom stereocenters. The van der Waals surface area contributed by atoms with Crippen LogP contribution in [0.25, 0.3) is 49.0 Å². The smallest absolute Gasteiger partial charge is 0.195 e. The molecule has 0 amide bonds. The molecule has 0 saturated heterocycles. The van der Waals surface area contributed by atoms with Crippen molar-refractivity contribution >= 4 is 60.7 Å². The van der Waals surface area contributed by atoms with Crippen LogP contribution >= 0.6 is 34.5 Å². The first-order valence-corrected chi connectivity index (χ1v) is 11.6. The van der Waals surface area contributed by atoms with Gasteiger partial charge in [0.1, 0.15) is 22.9 Å². The number of fused-ring (bicyclic) bond motifs is 4. The van der Waals surface area contributed by atoms with E-state index in [0.29, 0.717) is 15.9 Å². The quantitative estimate of drug-likeness (QED) is 0.284. The number of H-pyrrole nitrogens is 1. The van der Waals surface area contributed by atoms with Crippen LogP contribution in [0.3, 0.4) is 0 Å². The van der Waals surface area contributed by atoms with Crippen molar-refractivity contribution in [3.63, 3.8) is 0 Å². The van der Waals surface area contributed by atoms with E-state index >= 15 is 0 Å². The van der Waals surface area contributed by atoms with Crippen LogP contribution in [0.5, 0.6) is 11.5 Å². The van der Waals surface area contributed by atoms with Gasteiger partial charge in [0.25, 0.3) is 0 Å². The van der Waals surface area contributed by atoms with E-state index in [9.17, 15) is 0 Å². The third-order valence-electron chi connectivity index (χ3n) is 5.57. The Morgan fingerprint density at radius 1 is 0.879 bits per heavy atom. The van der Waals surface area contributed by atoms with Gasteiger partial charge in [-0.1, -0.05) is 34.5 Å². The lowest BCUT2D eigenvalue weighted by Gasteiger charge is -2.05. The average molecular weight is 495 g/mol. The van der Waals surface area contributed by atoms with Gasteiger partial charge < -0.3 is 14.5 Å². The molecule has 33 heavy (non-hydrogen) atoms. The van der Waals surface area contributed by atoms with Crippen molar-refractivity contribution in [2.45, 2.75) is 0 Å². The highest BCUT2D eigenvalue weighted by Gasteiger charge is 2.23. The fourth-order valence-corrected chi connectivity index (χ4v) is 5.34. The molecule has 6 aromatic rings. The van der Waals surface area contributed by atoms with Gasteiger partial charge in [0.15, 0.2) is 10.8 Å². The van der Waals surface area contributed by atoms with E-state index in [1.54, 1.807) is 37.7 Å². The second-order valence-corrected chi connectivity index (χ2v) is 9.28. The van der Waals surface area contributed by atoms with Crippen LogP contribution < -0.4 is 9.47 Å². The number of aromatic amines is 1. The summed E-state index contributed by atoms with van der Waals surface area (Å²) in [6.45, 7) is 0. The predicted molar refractivity (Wildman–Crippen MR) is 134 cm³/mol. The Labute approximate surface area is 202 Å². The van der Waals surface area contributed by atoms with E-state index in [1.165, 1.54) is 0 Å². The molecule has 0 spiro atoms. The Bertz CT molecular complexity index is 1630. The molecule has 0 aliphatic rings. The fourth-order valence-electron chi connectivity index (χ4n) is 3.96. The van der Waals surface area contributed by atoms with E-state index in [1.807, 2.05) is 42.5 Å². The van der Waals surface area contributed by atoms with Gasteiger partial charge in [-0.3, -0.25) is 4.40 Å². The number of aromatic nitrogens is 4. The number of imidazole rings is 2. The molecule has 0 unspecified atom stereocenters. The molecule has 0 saturated carbocycles. The van der Waals surface area contributed by atoms with Gasteiger partial charge in [-0.25, -0.2) is 9.97 Å². The van der Waals surface area contributed by atoms with Gasteiger partial charge in [0.2, 0.25) is 0 Å². The number of thiazole rings is 1. The molecule has 6 rings (SSSR count). The van der Waals surface area contributed by atoms with Crippen LogP contribution in [0.4, 0.5) is 0 Å². The van der Waals surface area contributed by atoms with Crippen LogP contribution in [-0.4, -0.2) is 33.6 Å². The molecule has 1 N–H and O–H groups in total. The van der Waals surface area contributed by atoms with Crippen LogP contribution in [0.2, 0.25) is 10.0 Å². The molecule has 0 fully saturated rings. The number of rotatable bonds is 4.